The van der Waals surface area contributed by atoms with E-state index in [4.69, 9.17) is 14.5 Å². The van der Waals surface area contributed by atoms with E-state index in [1.807, 2.05) is 30.4 Å². The van der Waals surface area contributed by atoms with E-state index >= 15 is 0 Å². The summed E-state index contributed by atoms with van der Waals surface area (Å²) in [6.45, 7) is 9.98. The largest absolute Gasteiger partial charge is 0.497 e. The van der Waals surface area contributed by atoms with Crippen LogP contribution >= 0.6 is 11.3 Å². The standard InChI is InChI=1S/C18H22N2O2S/c1-5-9-20(10-6-2)12-14-13-23-18(19-14)16-8-7-15(21-3)11-17(16)22-4/h5-8,11,13H,1-2,9-10,12H2,3-4H3. The van der Waals surface area contributed by atoms with Gasteiger partial charge in [0.15, 0.2) is 0 Å². The van der Waals surface area contributed by atoms with E-state index in [9.17, 15) is 0 Å². The fourth-order valence-corrected chi connectivity index (χ4v) is 3.12. The summed E-state index contributed by atoms with van der Waals surface area (Å²) < 4.78 is 10.7. The number of hydrogen-bond acceptors (Lipinski definition) is 5. The van der Waals surface area contributed by atoms with Crippen molar-refractivity contribution >= 4 is 11.3 Å². The minimum absolute atomic E-state index is 0.763. The SMILES string of the molecule is C=CCN(CC=C)Cc1csc(-c2ccc(OC)cc2OC)n1. The van der Waals surface area contributed by atoms with Gasteiger partial charge in [-0.05, 0) is 12.1 Å². The van der Waals surface area contributed by atoms with Crippen LogP contribution in [0.15, 0.2) is 48.9 Å². The first-order valence-electron chi connectivity index (χ1n) is 7.32. The minimum atomic E-state index is 0.763. The molecule has 0 aliphatic heterocycles. The van der Waals surface area contributed by atoms with E-state index in [0.717, 1.165) is 47.4 Å². The quantitative estimate of drug-likeness (QED) is 0.651. The monoisotopic (exact) mass is 330 g/mol. The maximum atomic E-state index is 5.46. The van der Waals surface area contributed by atoms with E-state index < -0.39 is 0 Å². The van der Waals surface area contributed by atoms with Gasteiger partial charge in [-0.1, -0.05) is 12.2 Å². The first-order valence-corrected chi connectivity index (χ1v) is 8.20. The molecule has 0 N–H and O–H groups in total. The molecule has 0 radical (unpaired) electrons. The molecule has 0 fully saturated rings. The summed E-state index contributed by atoms with van der Waals surface area (Å²) in [6, 6.07) is 5.77. The van der Waals surface area contributed by atoms with Crippen molar-refractivity contribution in [1.29, 1.82) is 0 Å². The van der Waals surface area contributed by atoms with E-state index in [1.165, 1.54) is 0 Å². The van der Waals surface area contributed by atoms with Gasteiger partial charge in [0.1, 0.15) is 16.5 Å². The predicted octanol–water partition coefficient (Wildman–Crippen LogP) is 4.00. The molecular formula is C18H22N2O2S. The van der Waals surface area contributed by atoms with Gasteiger partial charge in [0.25, 0.3) is 0 Å². The summed E-state index contributed by atoms with van der Waals surface area (Å²) in [6.07, 6.45) is 3.78. The van der Waals surface area contributed by atoms with Crippen LogP contribution in [0.25, 0.3) is 10.6 Å². The van der Waals surface area contributed by atoms with E-state index in [0.29, 0.717) is 0 Å². The van der Waals surface area contributed by atoms with Crippen LogP contribution < -0.4 is 9.47 Å². The molecule has 5 heteroatoms. The number of thiazole rings is 1. The number of rotatable bonds is 9. The second-order valence-corrected chi connectivity index (χ2v) is 5.84. The third-order valence-corrected chi connectivity index (χ3v) is 4.28. The molecule has 0 spiro atoms. The first kappa shape index (κ1) is 17.2. The Morgan fingerprint density at radius 1 is 1.17 bits per heavy atom. The summed E-state index contributed by atoms with van der Waals surface area (Å²) >= 11 is 1.61. The number of ether oxygens (including phenoxy) is 2. The Morgan fingerprint density at radius 2 is 1.91 bits per heavy atom. The predicted molar refractivity (Wildman–Crippen MR) is 96.3 cm³/mol. The Balaban J connectivity index is 2.21. The molecule has 2 aromatic rings. The van der Waals surface area contributed by atoms with Crippen LogP contribution in [0.4, 0.5) is 0 Å². The molecule has 4 nitrogen and oxygen atoms in total. The number of methoxy groups -OCH3 is 2. The highest BCUT2D eigenvalue weighted by molar-refractivity contribution is 7.13. The van der Waals surface area contributed by atoms with Crippen LogP contribution in [0.5, 0.6) is 11.5 Å². The second kappa shape index (κ2) is 8.50. The molecule has 0 unspecified atom stereocenters. The molecule has 0 saturated heterocycles. The number of aromatic nitrogens is 1. The molecule has 0 atom stereocenters. The fourth-order valence-electron chi connectivity index (χ4n) is 2.28. The van der Waals surface area contributed by atoms with Gasteiger partial charge in [-0.25, -0.2) is 4.98 Å². The van der Waals surface area contributed by atoms with Gasteiger partial charge >= 0.3 is 0 Å². The molecule has 1 aromatic heterocycles. The summed E-state index contributed by atoms with van der Waals surface area (Å²) in [5.41, 5.74) is 2.01. The van der Waals surface area contributed by atoms with Gasteiger partial charge in [0.2, 0.25) is 0 Å². The maximum Gasteiger partial charge on any atom is 0.132 e. The minimum Gasteiger partial charge on any atom is -0.497 e. The van der Waals surface area contributed by atoms with Gasteiger partial charge in [-0.15, -0.1) is 24.5 Å². The zero-order valence-electron chi connectivity index (χ0n) is 13.6. The van der Waals surface area contributed by atoms with Crippen molar-refractivity contribution in [1.82, 2.24) is 9.88 Å². The Hall–Kier alpha value is -2.11. The molecule has 1 heterocycles. The lowest BCUT2D eigenvalue weighted by molar-refractivity contribution is 0.324. The van der Waals surface area contributed by atoms with Crippen LogP contribution in [0.1, 0.15) is 5.69 Å². The van der Waals surface area contributed by atoms with Crippen molar-refractivity contribution < 1.29 is 9.47 Å². The molecule has 122 valence electrons. The number of hydrogen-bond donors (Lipinski definition) is 0. The smallest absolute Gasteiger partial charge is 0.132 e. The highest BCUT2D eigenvalue weighted by Crippen LogP contribution is 2.35. The Bertz CT molecular complexity index is 657. The lowest BCUT2D eigenvalue weighted by atomic mass is 10.2. The van der Waals surface area contributed by atoms with Crippen LogP contribution in [0, 0.1) is 0 Å². The molecule has 2 rings (SSSR count). The zero-order valence-corrected chi connectivity index (χ0v) is 14.4. The molecule has 1 aromatic carbocycles. The highest BCUT2D eigenvalue weighted by Gasteiger charge is 2.13. The molecule has 0 aliphatic carbocycles. The summed E-state index contributed by atoms with van der Waals surface area (Å²) in [5.74, 6) is 1.53. The number of nitrogens with zero attached hydrogens (tertiary/aromatic N) is 2. The highest BCUT2D eigenvalue weighted by atomic mass is 32.1. The summed E-state index contributed by atoms with van der Waals surface area (Å²) in [7, 11) is 3.30. The fraction of sp³-hybridized carbons (Fsp3) is 0.278. The van der Waals surface area contributed by atoms with Gasteiger partial charge in [0.05, 0.1) is 25.5 Å². The first-order chi connectivity index (χ1) is 11.2. The van der Waals surface area contributed by atoms with E-state index in [2.05, 4.69) is 23.4 Å². The van der Waals surface area contributed by atoms with Crippen molar-refractivity contribution in [2.24, 2.45) is 0 Å². The van der Waals surface area contributed by atoms with Crippen molar-refractivity contribution in [3.8, 4) is 22.1 Å². The van der Waals surface area contributed by atoms with Crippen LogP contribution in [0.3, 0.4) is 0 Å². The van der Waals surface area contributed by atoms with Crippen molar-refractivity contribution in [2.45, 2.75) is 6.54 Å². The Kier molecular flexibility index (Phi) is 6.38. The number of benzene rings is 1. The van der Waals surface area contributed by atoms with Crippen LogP contribution in [0.2, 0.25) is 0 Å². The molecule has 0 aliphatic rings. The van der Waals surface area contributed by atoms with Crippen LogP contribution in [-0.2, 0) is 6.54 Å². The third kappa shape index (κ3) is 4.43. The summed E-state index contributed by atoms with van der Waals surface area (Å²) in [5, 5.41) is 3.02. The van der Waals surface area contributed by atoms with Crippen molar-refractivity contribution in [3.05, 3.63) is 54.6 Å². The molecular weight excluding hydrogens is 308 g/mol. The van der Waals surface area contributed by atoms with Crippen molar-refractivity contribution in [2.75, 3.05) is 27.3 Å². The topological polar surface area (TPSA) is 34.6 Å². The lowest BCUT2D eigenvalue weighted by Crippen LogP contribution is -2.23. The third-order valence-electron chi connectivity index (χ3n) is 3.35. The van der Waals surface area contributed by atoms with Gasteiger partial charge < -0.3 is 9.47 Å². The van der Waals surface area contributed by atoms with Gasteiger partial charge in [-0.2, -0.15) is 0 Å². The lowest BCUT2D eigenvalue weighted by Gasteiger charge is -2.16. The molecule has 0 saturated carbocycles. The average Bonchev–Trinajstić information content (AvgIpc) is 3.03. The van der Waals surface area contributed by atoms with E-state index in [-0.39, 0.29) is 0 Å². The van der Waals surface area contributed by atoms with Crippen molar-refractivity contribution in [3.63, 3.8) is 0 Å². The van der Waals surface area contributed by atoms with E-state index in [1.54, 1.807) is 25.6 Å². The normalized spacial score (nSPS) is 10.6. The Labute approximate surface area is 141 Å². The van der Waals surface area contributed by atoms with Gasteiger partial charge in [-0.3, -0.25) is 4.90 Å². The molecule has 23 heavy (non-hydrogen) atoms. The average molecular weight is 330 g/mol. The summed E-state index contributed by atoms with van der Waals surface area (Å²) in [4.78, 5) is 6.96. The second-order valence-electron chi connectivity index (χ2n) is 4.98. The van der Waals surface area contributed by atoms with Gasteiger partial charge in [0, 0.05) is 31.1 Å². The zero-order chi connectivity index (χ0) is 16.7. The molecule has 0 bridgehead atoms. The molecule has 0 amide bonds. The Morgan fingerprint density at radius 3 is 2.52 bits per heavy atom. The maximum absolute atomic E-state index is 5.46. The van der Waals surface area contributed by atoms with Crippen LogP contribution in [-0.4, -0.2) is 37.2 Å².